The van der Waals surface area contributed by atoms with E-state index in [1.165, 1.54) is 22.8 Å². The molecule has 0 saturated heterocycles. The number of rotatable bonds is 4. The minimum atomic E-state index is -0.529. The van der Waals surface area contributed by atoms with Gasteiger partial charge in [0.2, 0.25) is 0 Å². The van der Waals surface area contributed by atoms with E-state index in [9.17, 15) is 14.0 Å². The fourth-order valence-electron chi connectivity index (χ4n) is 1.98. The maximum Gasteiger partial charge on any atom is 0.331 e. The minimum Gasteiger partial charge on any atom is -0.299 e. The second-order valence-corrected chi connectivity index (χ2v) is 6.16. The van der Waals surface area contributed by atoms with Crippen LogP contribution < -0.4 is 11.2 Å². The second kappa shape index (κ2) is 6.74. The minimum absolute atomic E-state index is 0.0277. The maximum absolute atomic E-state index is 13.2. The van der Waals surface area contributed by atoms with Crippen LogP contribution in [-0.4, -0.2) is 9.13 Å². The van der Waals surface area contributed by atoms with Gasteiger partial charge >= 0.3 is 5.69 Å². The van der Waals surface area contributed by atoms with E-state index in [-0.39, 0.29) is 22.8 Å². The predicted molar refractivity (Wildman–Crippen MR) is 88.5 cm³/mol. The van der Waals surface area contributed by atoms with Gasteiger partial charge in [-0.15, -0.1) is 0 Å². The SMILES string of the molecule is CCCn1cc(I)c(=O)n(Cc2ccc(F)c(Cl)c2)c1=O. The van der Waals surface area contributed by atoms with Crippen LogP contribution in [0.1, 0.15) is 18.9 Å². The van der Waals surface area contributed by atoms with Gasteiger partial charge in [-0.3, -0.25) is 13.9 Å². The first-order valence-corrected chi connectivity index (χ1v) is 7.83. The lowest BCUT2D eigenvalue weighted by atomic mass is 10.2. The van der Waals surface area contributed by atoms with E-state index in [1.807, 2.05) is 29.5 Å². The first kappa shape index (κ1) is 16.2. The molecule has 1 aromatic carbocycles. The standard InChI is InChI=1S/C14H13ClFIN2O2/c1-2-5-18-8-12(17)13(20)19(14(18)21)7-9-3-4-11(16)10(15)6-9/h3-4,6,8H,2,5,7H2,1H3. The summed E-state index contributed by atoms with van der Waals surface area (Å²) in [5, 5.41) is -0.0277. The Balaban J connectivity index is 2.50. The average molecular weight is 423 g/mol. The maximum atomic E-state index is 13.2. The van der Waals surface area contributed by atoms with Gasteiger partial charge in [0.05, 0.1) is 15.1 Å². The molecule has 0 bridgehead atoms. The lowest BCUT2D eigenvalue weighted by molar-refractivity contribution is 0.565. The van der Waals surface area contributed by atoms with Gasteiger partial charge in [-0.2, -0.15) is 0 Å². The van der Waals surface area contributed by atoms with Crippen molar-refractivity contribution in [3.8, 4) is 0 Å². The normalized spacial score (nSPS) is 10.9. The van der Waals surface area contributed by atoms with E-state index in [2.05, 4.69) is 0 Å². The Morgan fingerprint density at radius 3 is 2.67 bits per heavy atom. The van der Waals surface area contributed by atoms with Crippen molar-refractivity contribution in [3.05, 3.63) is 65.2 Å². The van der Waals surface area contributed by atoms with E-state index < -0.39 is 5.82 Å². The van der Waals surface area contributed by atoms with Crippen molar-refractivity contribution < 1.29 is 4.39 Å². The first-order valence-electron chi connectivity index (χ1n) is 6.37. The Hall–Kier alpha value is -1.15. The van der Waals surface area contributed by atoms with Crippen molar-refractivity contribution in [1.29, 1.82) is 0 Å². The molecule has 0 aliphatic rings. The molecule has 0 amide bonds. The Morgan fingerprint density at radius 1 is 1.33 bits per heavy atom. The van der Waals surface area contributed by atoms with E-state index in [0.717, 1.165) is 11.0 Å². The Kier molecular flexibility index (Phi) is 5.21. The predicted octanol–water partition coefficient (Wildman–Crippen LogP) is 2.87. The highest BCUT2D eigenvalue weighted by Gasteiger charge is 2.11. The van der Waals surface area contributed by atoms with E-state index in [1.54, 1.807) is 6.20 Å². The third-order valence-corrected chi connectivity index (χ3v) is 4.01. The molecule has 0 fully saturated rings. The van der Waals surface area contributed by atoms with Crippen molar-refractivity contribution in [2.24, 2.45) is 0 Å². The van der Waals surface area contributed by atoms with Crippen LogP contribution in [0.3, 0.4) is 0 Å². The molecule has 2 rings (SSSR count). The van der Waals surface area contributed by atoms with Gasteiger partial charge < -0.3 is 0 Å². The highest BCUT2D eigenvalue weighted by atomic mass is 127. The van der Waals surface area contributed by atoms with E-state index >= 15 is 0 Å². The summed E-state index contributed by atoms with van der Waals surface area (Å²) in [7, 11) is 0. The van der Waals surface area contributed by atoms with Crippen molar-refractivity contribution in [2.45, 2.75) is 26.4 Å². The number of hydrogen-bond donors (Lipinski definition) is 0. The number of nitrogens with zero attached hydrogens (tertiary/aromatic N) is 2. The largest absolute Gasteiger partial charge is 0.331 e. The molecule has 0 radical (unpaired) electrons. The zero-order valence-corrected chi connectivity index (χ0v) is 14.2. The third-order valence-electron chi connectivity index (χ3n) is 2.98. The number of benzene rings is 1. The van der Waals surface area contributed by atoms with Crippen LogP contribution in [0, 0.1) is 9.39 Å². The molecule has 0 atom stereocenters. The molecule has 7 heteroatoms. The van der Waals surface area contributed by atoms with Gasteiger partial charge in [0.15, 0.2) is 0 Å². The molecule has 1 aromatic heterocycles. The summed E-state index contributed by atoms with van der Waals surface area (Å²) >= 11 is 7.63. The zero-order valence-electron chi connectivity index (χ0n) is 11.3. The summed E-state index contributed by atoms with van der Waals surface area (Å²) in [6.45, 7) is 2.56. The molecular weight excluding hydrogens is 410 g/mol. The number of hydrogen-bond acceptors (Lipinski definition) is 2. The topological polar surface area (TPSA) is 44.0 Å². The monoisotopic (exact) mass is 422 g/mol. The molecule has 4 nitrogen and oxygen atoms in total. The number of aryl methyl sites for hydroxylation is 1. The highest BCUT2D eigenvalue weighted by molar-refractivity contribution is 14.1. The zero-order chi connectivity index (χ0) is 15.6. The summed E-state index contributed by atoms with van der Waals surface area (Å²) in [4.78, 5) is 24.4. The fourth-order valence-corrected chi connectivity index (χ4v) is 2.81. The quantitative estimate of drug-likeness (QED) is 0.711. The molecule has 21 heavy (non-hydrogen) atoms. The van der Waals surface area contributed by atoms with Crippen LogP contribution in [-0.2, 0) is 13.1 Å². The summed E-state index contributed by atoms with van der Waals surface area (Å²) in [6, 6.07) is 4.16. The Morgan fingerprint density at radius 2 is 2.05 bits per heavy atom. The molecule has 0 N–H and O–H groups in total. The van der Waals surface area contributed by atoms with E-state index in [4.69, 9.17) is 11.6 Å². The molecule has 112 valence electrons. The summed E-state index contributed by atoms with van der Waals surface area (Å²) < 4.78 is 16.3. The molecule has 0 saturated carbocycles. The third kappa shape index (κ3) is 3.55. The molecular formula is C14H13ClFIN2O2. The van der Waals surface area contributed by atoms with Crippen LogP contribution in [0.25, 0.3) is 0 Å². The number of halogens is 3. The van der Waals surface area contributed by atoms with Gasteiger partial charge in [-0.25, -0.2) is 9.18 Å². The van der Waals surface area contributed by atoms with Gasteiger partial charge in [0, 0.05) is 12.7 Å². The molecule has 0 spiro atoms. The molecule has 0 aliphatic carbocycles. The lowest BCUT2D eigenvalue weighted by Gasteiger charge is -2.11. The summed E-state index contributed by atoms with van der Waals surface area (Å²) in [6.07, 6.45) is 2.35. The van der Waals surface area contributed by atoms with E-state index in [0.29, 0.717) is 15.7 Å². The smallest absolute Gasteiger partial charge is 0.299 e. The Bertz CT molecular complexity index is 786. The van der Waals surface area contributed by atoms with Crippen molar-refractivity contribution >= 4 is 34.2 Å². The van der Waals surface area contributed by atoms with Gasteiger partial charge in [0.1, 0.15) is 5.82 Å². The second-order valence-electron chi connectivity index (χ2n) is 4.59. The fraction of sp³-hybridized carbons (Fsp3) is 0.286. The molecule has 0 unspecified atom stereocenters. The lowest BCUT2D eigenvalue weighted by Crippen LogP contribution is -2.41. The number of aromatic nitrogens is 2. The van der Waals surface area contributed by atoms with Gasteiger partial charge in [-0.1, -0.05) is 24.6 Å². The highest BCUT2D eigenvalue weighted by Crippen LogP contribution is 2.16. The Labute approximate surface area is 139 Å². The van der Waals surface area contributed by atoms with Crippen LogP contribution in [0.15, 0.2) is 34.0 Å². The first-order chi connectivity index (χ1) is 9.93. The molecule has 1 heterocycles. The summed E-state index contributed by atoms with van der Waals surface area (Å²) in [5.41, 5.74) is -0.123. The summed E-state index contributed by atoms with van der Waals surface area (Å²) in [5.74, 6) is -0.529. The van der Waals surface area contributed by atoms with Crippen molar-refractivity contribution in [2.75, 3.05) is 0 Å². The van der Waals surface area contributed by atoms with Crippen LogP contribution in [0.5, 0.6) is 0 Å². The van der Waals surface area contributed by atoms with Crippen molar-refractivity contribution in [3.63, 3.8) is 0 Å². The van der Waals surface area contributed by atoms with Gasteiger partial charge in [0.25, 0.3) is 5.56 Å². The van der Waals surface area contributed by atoms with Crippen LogP contribution >= 0.6 is 34.2 Å². The average Bonchev–Trinajstić information content (AvgIpc) is 2.45. The van der Waals surface area contributed by atoms with Gasteiger partial charge in [-0.05, 0) is 46.7 Å². The van der Waals surface area contributed by atoms with Crippen molar-refractivity contribution in [1.82, 2.24) is 9.13 Å². The van der Waals surface area contributed by atoms with Crippen LogP contribution in [0.4, 0.5) is 4.39 Å². The molecule has 2 aromatic rings. The molecule has 0 aliphatic heterocycles. The van der Waals surface area contributed by atoms with Crippen LogP contribution in [0.2, 0.25) is 5.02 Å².